The smallest absolute Gasteiger partial charge is 0.344 e. The molecule has 0 spiro atoms. The number of hydrogen-bond donors (Lipinski definition) is 2. The zero-order valence-electron chi connectivity index (χ0n) is 20.8. The maximum absolute atomic E-state index is 12.5. The quantitative estimate of drug-likeness (QED) is 0.390. The Balaban J connectivity index is 1.44. The van der Waals surface area contributed by atoms with Crippen molar-refractivity contribution in [2.24, 2.45) is 0 Å². The van der Waals surface area contributed by atoms with E-state index in [0.29, 0.717) is 34.4 Å². The summed E-state index contributed by atoms with van der Waals surface area (Å²) < 4.78 is 15.7. The molecule has 2 N–H and O–H groups in total. The Labute approximate surface area is 210 Å². The molecule has 0 aliphatic heterocycles. The lowest BCUT2D eigenvalue weighted by atomic mass is 9.98. The van der Waals surface area contributed by atoms with Crippen molar-refractivity contribution in [1.82, 2.24) is 0 Å². The predicted molar refractivity (Wildman–Crippen MR) is 138 cm³/mol. The van der Waals surface area contributed by atoms with Gasteiger partial charge in [0.25, 0.3) is 11.8 Å². The maximum atomic E-state index is 12.5. The zero-order valence-corrected chi connectivity index (χ0v) is 20.8. The second kappa shape index (κ2) is 12.4. The fourth-order valence-electron chi connectivity index (χ4n) is 3.56. The molecule has 3 rings (SSSR count). The molecule has 0 unspecified atom stereocenters. The third kappa shape index (κ3) is 7.33. The van der Waals surface area contributed by atoms with Crippen LogP contribution in [0, 0.1) is 6.92 Å². The van der Waals surface area contributed by atoms with Crippen LogP contribution in [0.4, 0.5) is 11.4 Å². The van der Waals surface area contributed by atoms with Gasteiger partial charge in [-0.25, -0.2) is 4.79 Å². The van der Waals surface area contributed by atoms with E-state index in [1.807, 2.05) is 31.2 Å². The number of hydrogen-bond acceptors (Lipinski definition) is 6. The van der Waals surface area contributed by atoms with Crippen LogP contribution >= 0.6 is 0 Å². The number of aryl methyl sites for hydroxylation is 1. The van der Waals surface area contributed by atoms with Gasteiger partial charge in [-0.1, -0.05) is 32.0 Å². The van der Waals surface area contributed by atoms with Gasteiger partial charge in [0.2, 0.25) is 0 Å². The second-order valence-electron chi connectivity index (χ2n) is 8.40. The molecule has 188 valence electrons. The highest BCUT2D eigenvalue weighted by Crippen LogP contribution is 2.24. The Kier molecular flexibility index (Phi) is 9.05. The first-order valence-electron chi connectivity index (χ1n) is 11.5. The largest absolute Gasteiger partial charge is 0.495 e. The molecule has 0 radical (unpaired) electrons. The molecule has 0 aromatic heterocycles. The number of amides is 2. The Hall–Kier alpha value is -4.33. The first kappa shape index (κ1) is 26.3. The number of para-hydroxylation sites is 2. The van der Waals surface area contributed by atoms with Crippen LogP contribution in [0.2, 0.25) is 0 Å². The van der Waals surface area contributed by atoms with E-state index in [1.54, 1.807) is 42.5 Å². The highest BCUT2D eigenvalue weighted by molar-refractivity contribution is 6.05. The number of ether oxygens (including phenoxy) is 3. The summed E-state index contributed by atoms with van der Waals surface area (Å²) >= 11 is 0. The predicted octanol–water partition coefficient (Wildman–Crippen LogP) is 4.94. The van der Waals surface area contributed by atoms with Crippen molar-refractivity contribution in [2.75, 3.05) is 31.0 Å². The fraction of sp³-hybridized carbons (Fsp3) is 0.250. The van der Waals surface area contributed by atoms with Crippen LogP contribution in [0.3, 0.4) is 0 Å². The van der Waals surface area contributed by atoms with Crippen molar-refractivity contribution < 1.29 is 28.6 Å². The van der Waals surface area contributed by atoms with E-state index in [9.17, 15) is 14.4 Å². The van der Waals surface area contributed by atoms with Crippen molar-refractivity contribution >= 4 is 29.2 Å². The van der Waals surface area contributed by atoms with E-state index in [0.717, 1.165) is 5.56 Å². The first-order valence-corrected chi connectivity index (χ1v) is 11.5. The van der Waals surface area contributed by atoms with Crippen LogP contribution in [0.1, 0.15) is 41.3 Å². The van der Waals surface area contributed by atoms with Crippen molar-refractivity contribution in [1.29, 1.82) is 0 Å². The van der Waals surface area contributed by atoms with Crippen LogP contribution in [0.5, 0.6) is 11.5 Å². The minimum absolute atomic E-state index is 0.302. The summed E-state index contributed by atoms with van der Waals surface area (Å²) in [4.78, 5) is 36.6. The number of methoxy groups -OCH3 is 1. The van der Waals surface area contributed by atoms with Crippen molar-refractivity contribution in [3.8, 4) is 11.5 Å². The number of anilines is 2. The Bertz CT molecular complexity index is 1220. The lowest BCUT2D eigenvalue weighted by Crippen LogP contribution is -2.23. The Morgan fingerprint density at radius 2 is 1.61 bits per heavy atom. The normalized spacial score (nSPS) is 10.5. The first-order chi connectivity index (χ1) is 17.3. The minimum Gasteiger partial charge on any atom is -0.495 e. The van der Waals surface area contributed by atoms with E-state index in [4.69, 9.17) is 14.2 Å². The topological polar surface area (TPSA) is 103 Å². The lowest BCUT2D eigenvalue weighted by Gasteiger charge is -2.12. The maximum Gasteiger partial charge on any atom is 0.344 e. The van der Waals surface area contributed by atoms with Gasteiger partial charge < -0.3 is 24.8 Å². The lowest BCUT2D eigenvalue weighted by molar-refractivity contribution is -0.149. The number of nitrogens with one attached hydrogen (secondary N) is 2. The fourth-order valence-corrected chi connectivity index (χ4v) is 3.56. The number of carbonyl (C=O) groups excluding carboxylic acids is 3. The molecule has 8 heteroatoms. The van der Waals surface area contributed by atoms with Gasteiger partial charge in [0, 0.05) is 11.3 Å². The van der Waals surface area contributed by atoms with E-state index in [1.165, 1.54) is 12.7 Å². The third-order valence-corrected chi connectivity index (χ3v) is 5.37. The Morgan fingerprint density at radius 1 is 0.889 bits per heavy atom. The minimum atomic E-state index is -0.654. The third-order valence-electron chi connectivity index (χ3n) is 5.37. The second-order valence-corrected chi connectivity index (χ2v) is 8.40. The molecule has 3 aromatic carbocycles. The van der Waals surface area contributed by atoms with E-state index < -0.39 is 18.5 Å². The molecule has 0 atom stereocenters. The van der Waals surface area contributed by atoms with Crippen LogP contribution in [0.25, 0.3) is 0 Å². The molecule has 0 fully saturated rings. The molecule has 3 aromatic rings. The van der Waals surface area contributed by atoms with Gasteiger partial charge in [-0.15, -0.1) is 0 Å². The summed E-state index contributed by atoms with van der Waals surface area (Å²) in [6, 6.07) is 19.1. The summed E-state index contributed by atoms with van der Waals surface area (Å²) in [7, 11) is 1.53. The standard InChI is InChI=1S/C28H30N2O6/c1-18(2)23-14-13-22(15-19(23)3)35-17-27(32)36-16-26(31)29-21-11-9-20(10-12-21)28(33)30-24-7-5-6-8-25(24)34-4/h5-15,18H,16-17H2,1-4H3,(H,29,31)(H,30,33). The van der Waals surface area contributed by atoms with Gasteiger partial charge in [0.15, 0.2) is 13.2 Å². The van der Waals surface area contributed by atoms with Gasteiger partial charge in [0.05, 0.1) is 12.8 Å². The van der Waals surface area contributed by atoms with Gasteiger partial charge in [-0.05, 0) is 72.5 Å². The molecule has 0 aliphatic carbocycles. The van der Waals surface area contributed by atoms with Crippen LogP contribution < -0.4 is 20.1 Å². The number of carbonyl (C=O) groups is 3. The van der Waals surface area contributed by atoms with Crippen molar-refractivity contribution in [3.05, 3.63) is 83.4 Å². The number of benzene rings is 3. The summed E-state index contributed by atoms with van der Waals surface area (Å²) in [5.41, 5.74) is 3.71. The average molecular weight is 491 g/mol. The molecule has 0 bridgehead atoms. The summed E-state index contributed by atoms with van der Waals surface area (Å²) in [5, 5.41) is 5.41. The molecule has 0 aliphatic rings. The molecular weight excluding hydrogens is 460 g/mol. The summed E-state index contributed by atoms with van der Waals surface area (Å²) in [6.07, 6.45) is 0. The van der Waals surface area contributed by atoms with Crippen molar-refractivity contribution in [2.45, 2.75) is 26.7 Å². The summed E-state index contributed by atoms with van der Waals surface area (Å²) in [6.45, 7) is 5.46. The van der Waals surface area contributed by atoms with Gasteiger partial charge >= 0.3 is 5.97 Å². The molecule has 0 saturated heterocycles. The SMILES string of the molecule is COc1ccccc1NC(=O)c1ccc(NC(=O)COC(=O)COc2ccc(C(C)C)c(C)c2)cc1. The van der Waals surface area contributed by atoms with Gasteiger partial charge in [-0.2, -0.15) is 0 Å². The van der Waals surface area contributed by atoms with Crippen molar-refractivity contribution in [3.63, 3.8) is 0 Å². The van der Waals surface area contributed by atoms with E-state index >= 15 is 0 Å². The van der Waals surface area contributed by atoms with Gasteiger partial charge in [0.1, 0.15) is 11.5 Å². The molecule has 0 heterocycles. The monoisotopic (exact) mass is 490 g/mol. The zero-order chi connectivity index (χ0) is 26.1. The average Bonchev–Trinajstić information content (AvgIpc) is 2.86. The highest BCUT2D eigenvalue weighted by Gasteiger charge is 2.12. The molecule has 36 heavy (non-hydrogen) atoms. The molecular formula is C28H30N2O6. The van der Waals surface area contributed by atoms with Crippen LogP contribution in [0.15, 0.2) is 66.7 Å². The van der Waals surface area contributed by atoms with E-state index in [2.05, 4.69) is 24.5 Å². The molecule has 8 nitrogen and oxygen atoms in total. The molecule has 2 amide bonds. The highest BCUT2D eigenvalue weighted by atomic mass is 16.6. The number of esters is 1. The van der Waals surface area contributed by atoms with Gasteiger partial charge in [-0.3, -0.25) is 9.59 Å². The van der Waals surface area contributed by atoms with Crippen LogP contribution in [-0.4, -0.2) is 38.1 Å². The summed E-state index contributed by atoms with van der Waals surface area (Å²) in [5.74, 6) is 0.0300. The molecule has 0 saturated carbocycles. The van der Waals surface area contributed by atoms with Crippen LogP contribution in [-0.2, 0) is 14.3 Å². The number of rotatable bonds is 10. The Morgan fingerprint density at radius 3 is 2.28 bits per heavy atom. The van der Waals surface area contributed by atoms with E-state index in [-0.39, 0.29) is 12.5 Å².